The van der Waals surface area contributed by atoms with Crippen LogP contribution in [-0.4, -0.2) is 25.1 Å². The summed E-state index contributed by atoms with van der Waals surface area (Å²) in [5.74, 6) is 0.805. The molecule has 0 aromatic heterocycles. The van der Waals surface area contributed by atoms with Gasteiger partial charge in [-0.1, -0.05) is 12.1 Å². The molecule has 1 fully saturated rings. The molecule has 0 unspecified atom stereocenters. The maximum absolute atomic E-state index is 11.7. The van der Waals surface area contributed by atoms with E-state index in [-0.39, 0.29) is 24.4 Å². The van der Waals surface area contributed by atoms with Crippen LogP contribution in [0.5, 0.6) is 0 Å². The van der Waals surface area contributed by atoms with Gasteiger partial charge in [0.05, 0.1) is 19.3 Å². The van der Waals surface area contributed by atoms with Gasteiger partial charge in [-0.3, -0.25) is 4.79 Å². The highest BCUT2D eigenvalue weighted by molar-refractivity contribution is 5.92. The Bertz CT molecular complexity index is 430. The minimum Gasteiger partial charge on any atom is -0.374 e. The fraction of sp³-hybridized carbons (Fsp3) is 0.562. The number of carbonyl (C=O) groups excluding carboxylic acids is 1. The predicted molar refractivity (Wildman–Crippen MR) is 87.8 cm³/mol. The monoisotopic (exact) mass is 312 g/mol. The van der Waals surface area contributed by atoms with Gasteiger partial charge < -0.3 is 15.4 Å². The highest BCUT2D eigenvalue weighted by atomic mass is 35.5. The molecule has 0 saturated heterocycles. The molecule has 0 heterocycles. The summed E-state index contributed by atoms with van der Waals surface area (Å²) in [6.07, 6.45) is 2.83. The maximum atomic E-state index is 11.7. The number of hydrogen-bond acceptors (Lipinski definition) is 3. The lowest BCUT2D eigenvalue weighted by Gasteiger charge is -2.09. The van der Waals surface area contributed by atoms with E-state index in [9.17, 15) is 4.79 Å². The molecule has 1 aromatic rings. The van der Waals surface area contributed by atoms with Gasteiger partial charge in [0.15, 0.2) is 0 Å². The van der Waals surface area contributed by atoms with Crippen LogP contribution in [0.2, 0.25) is 0 Å². The number of hydrogen-bond donors (Lipinski definition) is 2. The summed E-state index contributed by atoms with van der Waals surface area (Å²) in [6.45, 7) is 5.98. The second kappa shape index (κ2) is 9.03. The van der Waals surface area contributed by atoms with Gasteiger partial charge in [-0.05, 0) is 56.8 Å². The fourth-order valence-corrected chi connectivity index (χ4v) is 1.86. The SMILES string of the molecule is CC(C)OCc1ccc(NC(=O)CNCC2CC2)cc1.Cl. The van der Waals surface area contributed by atoms with Crippen LogP contribution in [0.1, 0.15) is 32.3 Å². The van der Waals surface area contributed by atoms with E-state index in [1.54, 1.807) is 0 Å². The number of rotatable bonds is 8. The molecule has 21 heavy (non-hydrogen) atoms. The van der Waals surface area contributed by atoms with Crippen LogP contribution in [0, 0.1) is 5.92 Å². The first kappa shape index (κ1) is 18.0. The second-order valence-electron chi connectivity index (χ2n) is 5.68. The number of carbonyl (C=O) groups is 1. The normalized spacial score (nSPS) is 13.9. The lowest BCUT2D eigenvalue weighted by Crippen LogP contribution is -2.29. The average Bonchev–Trinajstić information content (AvgIpc) is 3.22. The van der Waals surface area contributed by atoms with E-state index >= 15 is 0 Å². The van der Waals surface area contributed by atoms with Gasteiger partial charge in [-0.15, -0.1) is 12.4 Å². The first-order valence-corrected chi connectivity index (χ1v) is 7.34. The number of benzene rings is 1. The Hall–Kier alpha value is -1.10. The Morgan fingerprint density at radius 2 is 1.95 bits per heavy atom. The second-order valence-corrected chi connectivity index (χ2v) is 5.68. The van der Waals surface area contributed by atoms with Crippen LogP contribution in [0.4, 0.5) is 5.69 Å². The zero-order valence-corrected chi connectivity index (χ0v) is 13.5. The molecule has 1 aromatic carbocycles. The molecule has 1 saturated carbocycles. The Morgan fingerprint density at radius 1 is 1.29 bits per heavy atom. The third-order valence-electron chi connectivity index (χ3n) is 3.24. The number of anilines is 1. The van der Waals surface area contributed by atoms with Crippen molar-refractivity contribution in [2.24, 2.45) is 5.92 Å². The molecule has 2 N–H and O–H groups in total. The van der Waals surface area contributed by atoms with Gasteiger partial charge in [0, 0.05) is 5.69 Å². The van der Waals surface area contributed by atoms with Crippen molar-refractivity contribution in [3.63, 3.8) is 0 Å². The van der Waals surface area contributed by atoms with Crippen LogP contribution in [-0.2, 0) is 16.1 Å². The molecule has 5 heteroatoms. The number of amides is 1. The number of nitrogens with one attached hydrogen (secondary N) is 2. The van der Waals surface area contributed by atoms with Crippen molar-refractivity contribution in [3.05, 3.63) is 29.8 Å². The molecule has 0 radical (unpaired) electrons. The van der Waals surface area contributed by atoms with Crippen LogP contribution in [0.25, 0.3) is 0 Å². The van der Waals surface area contributed by atoms with Crippen molar-refractivity contribution < 1.29 is 9.53 Å². The Labute approximate surface area is 133 Å². The first-order chi connectivity index (χ1) is 9.63. The summed E-state index contributed by atoms with van der Waals surface area (Å²) in [5, 5.41) is 6.07. The summed E-state index contributed by atoms with van der Waals surface area (Å²) in [4.78, 5) is 11.7. The smallest absolute Gasteiger partial charge is 0.238 e. The van der Waals surface area contributed by atoms with E-state index < -0.39 is 0 Å². The van der Waals surface area contributed by atoms with Crippen molar-refractivity contribution >= 4 is 24.0 Å². The molecule has 0 spiro atoms. The van der Waals surface area contributed by atoms with Crippen molar-refractivity contribution in [2.45, 2.75) is 39.4 Å². The molecule has 0 bridgehead atoms. The van der Waals surface area contributed by atoms with Gasteiger partial charge >= 0.3 is 0 Å². The van der Waals surface area contributed by atoms with E-state index in [2.05, 4.69) is 10.6 Å². The predicted octanol–water partition coefficient (Wildman–Crippen LogP) is 2.97. The van der Waals surface area contributed by atoms with E-state index in [1.165, 1.54) is 12.8 Å². The molecular formula is C16H25ClN2O2. The van der Waals surface area contributed by atoms with Crippen LogP contribution in [0.15, 0.2) is 24.3 Å². The quantitative estimate of drug-likeness (QED) is 0.776. The minimum atomic E-state index is 0. The van der Waals surface area contributed by atoms with Crippen molar-refractivity contribution in [2.75, 3.05) is 18.4 Å². The van der Waals surface area contributed by atoms with E-state index in [1.807, 2.05) is 38.1 Å². The van der Waals surface area contributed by atoms with Gasteiger partial charge in [0.2, 0.25) is 5.91 Å². The Balaban J connectivity index is 0.00000220. The maximum Gasteiger partial charge on any atom is 0.238 e. The van der Waals surface area contributed by atoms with Crippen LogP contribution in [0.3, 0.4) is 0 Å². The summed E-state index contributed by atoms with van der Waals surface area (Å²) in [5.41, 5.74) is 1.94. The van der Waals surface area contributed by atoms with Crippen LogP contribution >= 0.6 is 12.4 Å². The van der Waals surface area contributed by atoms with Gasteiger partial charge in [0.25, 0.3) is 0 Å². The van der Waals surface area contributed by atoms with E-state index in [0.717, 1.165) is 23.7 Å². The lowest BCUT2D eigenvalue weighted by atomic mass is 10.2. The molecule has 4 nitrogen and oxygen atoms in total. The van der Waals surface area contributed by atoms with Gasteiger partial charge in [-0.25, -0.2) is 0 Å². The lowest BCUT2D eigenvalue weighted by molar-refractivity contribution is -0.115. The summed E-state index contributed by atoms with van der Waals surface area (Å²) in [7, 11) is 0. The Kier molecular flexibility index (Phi) is 7.72. The van der Waals surface area contributed by atoms with Crippen molar-refractivity contribution in [1.29, 1.82) is 0 Å². The largest absolute Gasteiger partial charge is 0.374 e. The fourth-order valence-electron chi connectivity index (χ4n) is 1.86. The third kappa shape index (κ3) is 7.46. The highest BCUT2D eigenvalue weighted by Gasteiger charge is 2.20. The minimum absolute atomic E-state index is 0. The third-order valence-corrected chi connectivity index (χ3v) is 3.24. The number of halogens is 1. The summed E-state index contributed by atoms with van der Waals surface area (Å²) >= 11 is 0. The zero-order valence-electron chi connectivity index (χ0n) is 12.7. The summed E-state index contributed by atoms with van der Waals surface area (Å²) < 4.78 is 5.53. The first-order valence-electron chi connectivity index (χ1n) is 7.34. The van der Waals surface area contributed by atoms with E-state index in [0.29, 0.717) is 13.2 Å². The van der Waals surface area contributed by atoms with Gasteiger partial charge in [-0.2, -0.15) is 0 Å². The molecule has 1 amide bonds. The van der Waals surface area contributed by atoms with Crippen LogP contribution < -0.4 is 10.6 Å². The molecule has 0 aliphatic heterocycles. The highest BCUT2D eigenvalue weighted by Crippen LogP contribution is 2.27. The molecular weight excluding hydrogens is 288 g/mol. The Morgan fingerprint density at radius 3 is 2.52 bits per heavy atom. The standard InChI is InChI=1S/C16H24N2O2.ClH/c1-12(2)20-11-14-5-7-15(8-6-14)18-16(19)10-17-9-13-3-4-13;/h5-8,12-13,17H,3-4,9-11H2,1-2H3,(H,18,19);1H. The van der Waals surface area contributed by atoms with Crippen molar-refractivity contribution in [3.8, 4) is 0 Å². The number of ether oxygens (including phenoxy) is 1. The average molecular weight is 313 g/mol. The van der Waals surface area contributed by atoms with Gasteiger partial charge in [0.1, 0.15) is 0 Å². The van der Waals surface area contributed by atoms with E-state index in [4.69, 9.17) is 4.74 Å². The molecule has 1 aliphatic carbocycles. The molecule has 1 aliphatic rings. The summed E-state index contributed by atoms with van der Waals surface area (Å²) in [6, 6.07) is 7.79. The molecule has 2 rings (SSSR count). The topological polar surface area (TPSA) is 50.4 Å². The zero-order chi connectivity index (χ0) is 14.4. The van der Waals surface area contributed by atoms with Crippen molar-refractivity contribution in [1.82, 2.24) is 5.32 Å². The molecule has 0 atom stereocenters. The molecule has 118 valence electrons.